The molecule has 5 heteroatoms. The zero-order valence-electron chi connectivity index (χ0n) is 12.1. The summed E-state index contributed by atoms with van der Waals surface area (Å²) in [5.74, 6) is 0.535. The normalized spacial score (nSPS) is 12.4. The van der Waals surface area contributed by atoms with E-state index < -0.39 is 0 Å². The smallest absolute Gasteiger partial charge is 0.268 e. The molecule has 0 radical (unpaired) electrons. The second kappa shape index (κ2) is 8.69. The molecule has 0 saturated carbocycles. The number of rotatable bonds is 9. The van der Waals surface area contributed by atoms with Gasteiger partial charge in [0, 0.05) is 25.7 Å². The van der Waals surface area contributed by atoms with Crippen LogP contribution >= 0.6 is 0 Å². The Labute approximate surface area is 115 Å². The van der Waals surface area contributed by atoms with E-state index in [1.165, 1.54) is 12.8 Å². The Morgan fingerprint density at radius 3 is 2.84 bits per heavy atom. The summed E-state index contributed by atoms with van der Waals surface area (Å²) < 4.78 is 1.57. The van der Waals surface area contributed by atoms with Crippen LogP contribution < -0.4 is 16.6 Å². The fourth-order valence-corrected chi connectivity index (χ4v) is 2.05. The summed E-state index contributed by atoms with van der Waals surface area (Å²) in [4.78, 5) is 12.0. The first-order valence-electron chi connectivity index (χ1n) is 7.22. The van der Waals surface area contributed by atoms with Gasteiger partial charge >= 0.3 is 0 Å². The van der Waals surface area contributed by atoms with Crippen molar-refractivity contribution in [2.24, 2.45) is 11.7 Å². The highest BCUT2D eigenvalue weighted by molar-refractivity contribution is 5.38. The Morgan fingerprint density at radius 2 is 2.26 bits per heavy atom. The van der Waals surface area contributed by atoms with Crippen LogP contribution in [0.3, 0.4) is 0 Å². The zero-order chi connectivity index (χ0) is 14.1. The number of anilines is 1. The van der Waals surface area contributed by atoms with Gasteiger partial charge < -0.3 is 11.1 Å². The zero-order valence-corrected chi connectivity index (χ0v) is 12.1. The molecule has 3 N–H and O–H groups in total. The third kappa shape index (κ3) is 5.42. The Bertz CT molecular complexity index is 416. The summed E-state index contributed by atoms with van der Waals surface area (Å²) in [5, 5.41) is 7.29. The molecule has 1 atom stereocenters. The molecule has 19 heavy (non-hydrogen) atoms. The standard InChI is InChI=1S/C14H26N4O/c1-3-5-6-12(4-2)11-18-14(19)9-13(10-17-18)16-8-7-15/h9-10,12,16H,3-8,11,15H2,1-2H3. The summed E-state index contributed by atoms with van der Waals surface area (Å²) in [7, 11) is 0. The molecule has 0 fully saturated rings. The van der Waals surface area contributed by atoms with E-state index in [4.69, 9.17) is 5.73 Å². The van der Waals surface area contributed by atoms with Crippen molar-refractivity contribution in [3.63, 3.8) is 0 Å². The average Bonchev–Trinajstić information content (AvgIpc) is 2.43. The van der Waals surface area contributed by atoms with Crippen LogP contribution in [-0.2, 0) is 6.54 Å². The molecule has 1 aromatic rings. The molecule has 0 aromatic carbocycles. The minimum Gasteiger partial charge on any atom is -0.382 e. The van der Waals surface area contributed by atoms with E-state index in [-0.39, 0.29) is 5.56 Å². The van der Waals surface area contributed by atoms with E-state index >= 15 is 0 Å². The van der Waals surface area contributed by atoms with Crippen molar-refractivity contribution in [3.05, 3.63) is 22.6 Å². The van der Waals surface area contributed by atoms with E-state index in [0.717, 1.165) is 18.5 Å². The van der Waals surface area contributed by atoms with E-state index in [1.807, 2.05) is 0 Å². The summed E-state index contributed by atoms with van der Waals surface area (Å²) in [6.45, 7) is 6.27. The minimum absolute atomic E-state index is 0.0445. The van der Waals surface area contributed by atoms with Crippen molar-refractivity contribution in [3.8, 4) is 0 Å². The molecular formula is C14H26N4O. The van der Waals surface area contributed by atoms with E-state index in [9.17, 15) is 4.79 Å². The molecule has 5 nitrogen and oxygen atoms in total. The van der Waals surface area contributed by atoms with Crippen molar-refractivity contribution >= 4 is 5.69 Å². The predicted octanol–water partition coefficient (Wildman–Crippen LogP) is 1.83. The maximum atomic E-state index is 12.0. The third-order valence-electron chi connectivity index (χ3n) is 3.32. The minimum atomic E-state index is -0.0445. The first-order chi connectivity index (χ1) is 9.21. The van der Waals surface area contributed by atoms with Crippen LogP contribution in [0.2, 0.25) is 0 Å². The monoisotopic (exact) mass is 266 g/mol. The van der Waals surface area contributed by atoms with Gasteiger partial charge in [-0.2, -0.15) is 5.10 Å². The number of hydrogen-bond donors (Lipinski definition) is 2. The molecule has 1 unspecified atom stereocenters. The van der Waals surface area contributed by atoms with Crippen LogP contribution in [0.4, 0.5) is 5.69 Å². The van der Waals surface area contributed by atoms with Crippen LogP contribution in [-0.4, -0.2) is 22.9 Å². The first kappa shape index (κ1) is 15.7. The largest absolute Gasteiger partial charge is 0.382 e. The average molecular weight is 266 g/mol. The van der Waals surface area contributed by atoms with Gasteiger partial charge in [-0.15, -0.1) is 0 Å². The van der Waals surface area contributed by atoms with Crippen molar-refractivity contribution < 1.29 is 0 Å². The molecule has 0 spiro atoms. The molecule has 0 aliphatic heterocycles. The molecular weight excluding hydrogens is 240 g/mol. The number of hydrogen-bond acceptors (Lipinski definition) is 4. The van der Waals surface area contributed by atoms with E-state index in [2.05, 4.69) is 24.3 Å². The van der Waals surface area contributed by atoms with Crippen LogP contribution in [0.5, 0.6) is 0 Å². The highest BCUT2D eigenvalue weighted by Gasteiger charge is 2.09. The lowest BCUT2D eigenvalue weighted by Crippen LogP contribution is -2.26. The Hall–Kier alpha value is -1.36. The molecule has 0 bridgehead atoms. The lowest BCUT2D eigenvalue weighted by atomic mass is 9.99. The summed E-state index contributed by atoms with van der Waals surface area (Å²) in [5.41, 5.74) is 6.11. The van der Waals surface area contributed by atoms with Gasteiger partial charge in [0.1, 0.15) is 0 Å². The lowest BCUT2D eigenvalue weighted by molar-refractivity contribution is 0.363. The Morgan fingerprint density at radius 1 is 1.47 bits per heavy atom. The fourth-order valence-electron chi connectivity index (χ4n) is 2.05. The summed E-state index contributed by atoms with van der Waals surface area (Å²) >= 11 is 0. The third-order valence-corrected chi connectivity index (χ3v) is 3.32. The van der Waals surface area contributed by atoms with Gasteiger partial charge in [-0.3, -0.25) is 4.79 Å². The fraction of sp³-hybridized carbons (Fsp3) is 0.714. The van der Waals surface area contributed by atoms with E-state index in [1.54, 1.807) is 16.9 Å². The van der Waals surface area contributed by atoms with Gasteiger partial charge in [0.05, 0.1) is 11.9 Å². The molecule has 0 amide bonds. The van der Waals surface area contributed by atoms with Crippen LogP contribution in [0.25, 0.3) is 0 Å². The van der Waals surface area contributed by atoms with Gasteiger partial charge in [0.25, 0.3) is 5.56 Å². The summed E-state index contributed by atoms with van der Waals surface area (Å²) in [6, 6.07) is 1.59. The second-order valence-corrected chi connectivity index (χ2v) is 4.90. The quantitative estimate of drug-likeness (QED) is 0.715. The van der Waals surface area contributed by atoms with Gasteiger partial charge in [-0.1, -0.05) is 33.1 Å². The van der Waals surface area contributed by atoms with Crippen LogP contribution in [0, 0.1) is 5.92 Å². The van der Waals surface area contributed by atoms with Gasteiger partial charge in [-0.25, -0.2) is 4.68 Å². The molecule has 1 heterocycles. The van der Waals surface area contributed by atoms with Crippen molar-refractivity contribution in [2.75, 3.05) is 18.4 Å². The highest BCUT2D eigenvalue weighted by Crippen LogP contribution is 2.13. The molecule has 108 valence electrons. The number of nitrogens with zero attached hydrogens (tertiary/aromatic N) is 2. The molecule has 0 aliphatic rings. The maximum Gasteiger partial charge on any atom is 0.268 e. The lowest BCUT2D eigenvalue weighted by Gasteiger charge is -2.15. The SMILES string of the molecule is CCCCC(CC)Cn1ncc(NCCN)cc1=O. The molecule has 1 aromatic heterocycles. The van der Waals surface area contributed by atoms with E-state index in [0.29, 0.717) is 25.6 Å². The van der Waals surface area contributed by atoms with Crippen LogP contribution in [0.15, 0.2) is 17.1 Å². The van der Waals surface area contributed by atoms with Crippen molar-refractivity contribution in [1.29, 1.82) is 0 Å². The highest BCUT2D eigenvalue weighted by atomic mass is 16.1. The van der Waals surface area contributed by atoms with Crippen molar-refractivity contribution in [1.82, 2.24) is 9.78 Å². The maximum absolute atomic E-state index is 12.0. The number of nitrogens with two attached hydrogens (primary N) is 1. The number of unbranched alkanes of at least 4 members (excludes halogenated alkanes) is 1. The predicted molar refractivity (Wildman–Crippen MR) is 79.3 cm³/mol. The number of nitrogens with one attached hydrogen (secondary N) is 1. The molecule has 0 aliphatic carbocycles. The van der Waals surface area contributed by atoms with Gasteiger partial charge in [-0.05, 0) is 12.3 Å². The van der Waals surface area contributed by atoms with Gasteiger partial charge in [0.15, 0.2) is 0 Å². The summed E-state index contributed by atoms with van der Waals surface area (Å²) in [6.07, 6.45) is 6.35. The van der Waals surface area contributed by atoms with Gasteiger partial charge in [0.2, 0.25) is 0 Å². The van der Waals surface area contributed by atoms with Crippen LogP contribution in [0.1, 0.15) is 39.5 Å². The molecule has 1 rings (SSSR count). The molecule has 0 saturated heterocycles. The Kier molecular flexibility index (Phi) is 7.18. The van der Waals surface area contributed by atoms with Crippen molar-refractivity contribution in [2.45, 2.75) is 46.1 Å². The first-order valence-corrected chi connectivity index (χ1v) is 7.22. The topological polar surface area (TPSA) is 72.9 Å². The second-order valence-electron chi connectivity index (χ2n) is 4.90. The number of aromatic nitrogens is 2. The Balaban J connectivity index is 2.65.